The fourth-order valence-corrected chi connectivity index (χ4v) is 4.47. The van der Waals surface area contributed by atoms with Crippen LogP contribution in [0.5, 0.6) is 17.2 Å². The van der Waals surface area contributed by atoms with E-state index in [-0.39, 0.29) is 12.6 Å². The Morgan fingerprint density at radius 3 is 3.00 bits per heavy atom. The van der Waals surface area contributed by atoms with Crippen molar-refractivity contribution in [2.24, 2.45) is 0 Å². The summed E-state index contributed by atoms with van der Waals surface area (Å²) in [5, 5.41) is 0. The molecule has 0 N–H and O–H groups in total. The lowest BCUT2D eigenvalue weighted by molar-refractivity contribution is 0.102. The molecule has 0 fully saturated rings. The second-order valence-corrected chi connectivity index (χ2v) is 7.58. The van der Waals surface area contributed by atoms with Crippen molar-refractivity contribution >= 4 is 39.1 Å². The summed E-state index contributed by atoms with van der Waals surface area (Å²) in [6.45, 7) is 2.80. The molecule has 128 valence electrons. The number of ether oxygens (including phenoxy) is 3. The van der Waals surface area contributed by atoms with Gasteiger partial charge in [-0.15, -0.1) is 11.3 Å². The molecular formula is C18H15NO4S2. The smallest absolute Gasteiger partial charge is 0.231 e. The van der Waals surface area contributed by atoms with Gasteiger partial charge < -0.3 is 14.2 Å². The molecule has 0 radical (unpaired) electrons. The van der Waals surface area contributed by atoms with Gasteiger partial charge in [0.05, 0.1) is 22.6 Å². The summed E-state index contributed by atoms with van der Waals surface area (Å²) < 4.78 is 18.0. The van der Waals surface area contributed by atoms with E-state index in [2.05, 4.69) is 4.98 Å². The Morgan fingerprint density at radius 2 is 2.12 bits per heavy atom. The molecule has 5 nitrogen and oxygen atoms in total. The summed E-state index contributed by atoms with van der Waals surface area (Å²) in [4.78, 5) is 17.0. The average molecular weight is 373 g/mol. The maximum absolute atomic E-state index is 12.4. The van der Waals surface area contributed by atoms with Crippen molar-refractivity contribution in [3.05, 3.63) is 42.0 Å². The lowest BCUT2D eigenvalue weighted by atomic mass is 10.1. The minimum Gasteiger partial charge on any atom is -0.494 e. The number of aromatic nitrogens is 1. The Morgan fingerprint density at radius 1 is 1.24 bits per heavy atom. The normalized spacial score (nSPS) is 12.5. The highest BCUT2D eigenvalue weighted by Crippen LogP contribution is 2.34. The van der Waals surface area contributed by atoms with E-state index in [0.29, 0.717) is 29.4 Å². The van der Waals surface area contributed by atoms with Gasteiger partial charge in [-0.2, -0.15) is 0 Å². The first-order valence-electron chi connectivity index (χ1n) is 7.82. The summed E-state index contributed by atoms with van der Waals surface area (Å²) >= 11 is 3.02. The molecule has 0 saturated carbocycles. The predicted molar refractivity (Wildman–Crippen MR) is 98.4 cm³/mol. The Bertz CT molecular complexity index is 938. The monoisotopic (exact) mass is 373 g/mol. The Hall–Kier alpha value is -2.25. The van der Waals surface area contributed by atoms with Crippen molar-refractivity contribution in [3.8, 4) is 17.2 Å². The summed E-state index contributed by atoms with van der Waals surface area (Å²) in [5.41, 5.74) is 1.54. The third-order valence-corrected chi connectivity index (χ3v) is 5.83. The van der Waals surface area contributed by atoms with Gasteiger partial charge in [-0.25, -0.2) is 4.98 Å². The third-order valence-electron chi connectivity index (χ3n) is 3.67. The van der Waals surface area contributed by atoms with E-state index in [1.807, 2.05) is 25.1 Å². The van der Waals surface area contributed by atoms with Crippen LogP contribution in [0.2, 0.25) is 0 Å². The highest BCUT2D eigenvalue weighted by atomic mass is 32.2. The molecule has 0 spiro atoms. The number of carbonyl (C=O) groups excluding carboxylic acids is 1. The van der Waals surface area contributed by atoms with Gasteiger partial charge in [0.1, 0.15) is 5.75 Å². The predicted octanol–water partition coefficient (Wildman–Crippen LogP) is 4.40. The molecule has 0 atom stereocenters. The molecule has 1 aliphatic rings. The number of fused-ring (bicyclic) bond motifs is 2. The number of nitrogens with zero attached hydrogens (tertiary/aromatic N) is 1. The van der Waals surface area contributed by atoms with Gasteiger partial charge in [0.25, 0.3) is 0 Å². The first-order chi connectivity index (χ1) is 12.2. The first kappa shape index (κ1) is 16.2. The number of hydrogen-bond donors (Lipinski definition) is 0. The fourth-order valence-electron chi connectivity index (χ4n) is 2.48. The van der Waals surface area contributed by atoms with Gasteiger partial charge in [0.15, 0.2) is 21.6 Å². The summed E-state index contributed by atoms with van der Waals surface area (Å²) in [5.74, 6) is 2.52. The van der Waals surface area contributed by atoms with E-state index in [1.54, 1.807) is 29.5 Å². The number of rotatable bonds is 6. The van der Waals surface area contributed by atoms with Gasteiger partial charge in [-0.3, -0.25) is 4.79 Å². The van der Waals surface area contributed by atoms with Crippen LogP contribution in [0.15, 0.2) is 40.7 Å². The molecule has 3 aromatic rings. The zero-order valence-electron chi connectivity index (χ0n) is 13.5. The van der Waals surface area contributed by atoms with E-state index in [0.717, 1.165) is 20.3 Å². The molecule has 2 aromatic carbocycles. The van der Waals surface area contributed by atoms with Gasteiger partial charge in [0, 0.05) is 5.56 Å². The van der Waals surface area contributed by atoms with Crippen molar-refractivity contribution in [2.75, 3.05) is 19.2 Å². The molecule has 0 unspecified atom stereocenters. The van der Waals surface area contributed by atoms with Crippen molar-refractivity contribution in [1.82, 2.24) is 4.98 Å². The van der Waals surface area contributed by atoms with Crippen molar-refractivity contribution in [3.63, 3.8) is 0 Å². The number of thiazole rings is 1. The maximum atomic E-state index is 12.4. The summed E-state index contributed by atoms with van der Waals surface area (Å²) in [6.07, 6.45) is 0. The zero-order chi connectivity index (χ0) is 17.2. The van der Waals surface area contributed by atoms with E-state index < -0.39 is 0 Å². The number of carbonyl (C=O) groups is 1. The van der Waals surface area contributed by atoms with Crippen LogP contribution in [0.25, 0.3) is 10.2 Å². The molecule has 7 heteroatoms. The van der Waals surface area contributed by atoms with Crippen LogP contribution in [-0.4, -0.2) is 29.9 Å². The quantitative estimate of drug-likeness (QED) is 0.471. The molecule has 2 heterocycles. The van der Waals surface area contributed by atoms with Crippen molar-refractivity contribution < 1.29 is 19.0 Å². The minimum atomic E-state index is 0.0394. The molecule has 0 aliphatic carbocycles. The third kappa shape index (κ3) is 3.43. The van der Waals surface area contributed by atoms with Gasteiger partial charge >= 0.3 is 0 Å². The molecule has 4 rings (SSSR count). The number of hydrogen-bond acceptors (Lipinski definition) is 7. The van der Waals surface area contributed by atoms with Crippen LogP contribution in [-0.2, 0) is 0 Å². The van der Waals surface area contributed by atoms with Crippen molar-refractivity contribution in [2.45, 2.75) is 11.3 Å². The Balaban J connectivity index is 1.45. The minimum absolute atomic E-state index is 0.0394. The van der Waals surface area contributed by atoms with Gasteiger partial charge in [-0.1, -0.05) is 11.8 Å². The van der Waals surface area contributed by atoms with E-state index >= 15 is 0 Å². The first-order valence-corrected chi connectivity index (χ1v) is 9.62. The Labute approximate surface area is 152 Å². The lowest BCUT2D eigenvalue weighted by Gasteiger charge is -2.01. The number of Topliss-reactive ketones (excluding diaryl/α,β-unsaturated/α-hetero) is 1. The number of ketones is 1. The highest BCUT2D eigenvalue weighted by molar-refractivity contribution is 8.01. The van der Waals surface area contributed by atoms with Crippen LogP contribution >= 0.6 is 23.1 Å². The molecule has 1 aromatic heterocycles. The second-order valence-electron chi connectivity index (χ2n) is 5.32. The van der Waals surface area contributed by atoms with E-state index in [9.17, 15) is 4.79 Å². The van der Waals surface area contributed by atoms with Crippen LogP contribution in [0, 0.1) is 0 Å². The van der Waals surface area contributed by atoms with E-state index in [4.69, 9.17) is 14.2 Å². The average Bonchev–Trinajstić information content (AvgIpc) is 3.25. The summed E-state index contributed by atoms with van der Waals surface area (Å²) in [6, 6.07) is 11.1. The van der Waals surface area contributed by atoms with Crippen LogP contribution in [0.1, 0.15) is 17.3 Å². The van der Waals surface area contributed by atoms with Crippen LogP contribution in [0.4, 0.5) is 0 Å². The Kier molecular flexibility index (Phi) is 4.50. The highest BCUT2D eigenvalue weighted by Gasteiger charge is 2.17. The topological polar surface area (TPSA) is 57.7 Å². The molecule has 0 bridgehead atoms. The summed E-state index contributed by atoms with van der Waals surface area (Å²) in [7, 11) is 0. The van der Waals surface area contributed by atoms with Crippen LogP contribution < -0.4 is 14.2 Å². The van der Waals surface area contributed by atoms with Gasteiger partial charge in [-0.05, 0) is 43.3 Å². The number of benzene rings is 2. The largest absolute Gasteiger partial charge is 0.494 e. The molecule has 1 aliphatic heterocycles. The molecule has 0 saturated heterocycles. The standard InChI is InChI=1S/C18H15NO4S2/c1-2-21-12-4-5-13-17(8-12)25-18(19-13)24-9-14(20)11-3-6-15-16(7-11)23-10-22-15/h3-8H,2,9-10H2,1H3. The molecule has 0 amide bonds. The lowest BCUT2D eigenvalue weighted by Crippen LogP contribution is -2.02. The number of thioether (sulfide) groups is 1. The van der Waals surface area contributed by atoms with E-state index in [1.165, 1.54) is 11.8 Å². The van der Waals surface area contributed by atoms with Crippen molar-refractivity contribution in [1.29, 1.82) is 0 Å². The fraction of sp³-hybridized carbons (Fsp3) is 0.222. The zero-order valence-corrected chi connectivity index (χ0v) is 15.1. The maximum Gasteiger partial charge on any atom is 0.231 e. The van der Waals surface area contributed by atoms with Crippen LogP contribution in [0.3, 0.4) is 0 Å². The molecule has 25 heavy (non-hydrogen) atoms. The SMILES string of the molecule is CCOc1ccc2nc(SCC(=O)c3ccc4c(c3)OCO4)sc2c1. The second kappa shape index (κ2) is 6.93. The molecular weight excluding hydrogens is 358 g/mol. The van der Waals surface area contributed by atoms with Gasteiger partial charge in [0.2, 0.25) is 6.79 Å².